The Balaban J connectivity index is 3.17. The first kappa shape index (κ1) is 15.5. The van der Waals surface area contributed by atoms with Crippen molar-refractivity contribution < 1.29 is 4.74 Å². The minimum Gasteiger partial charge on any atom is -0.379 e. The fourth-order valence-corrected chi connectivity index (χ4v) is 2.51. The molecule has 5 heteroatoms. The highest BCUT2D eigenvalue weighted by Gasteiger charge is 2.34. The van der Waals surface area contributed by atoms with Gasteiger partial charge in [0, 0.05) is 13.2 Å². The Morgan fingerprint density at radius 3 is 2.33 bits per heavy atom. The fourth-order valence-electron chi connectivity index (χ4n) is 2.26. The molecule has 4 nitrogen and oxygen atoms in total. The second kappa shape index (κ2) is 5.59. The van der Waals surface area contributed by atoms with Crippen LogP contribution in [-0.4, -0.2) is 23.0 Å². The monoisotopic (exact) mass is 273 g/mol. The number of aromatic nitrogens is 2. The van der Waals surface area contributed by atoms with Crippen molar-refractivity contribution in [1.29, 1.82) is 0 Å². The molecule has 1 heterocycles. The number of ether oxygens (including phenoxy) is 1. The third-order valence-electron chi connectivity index (χ3n) is 3.03. The van der Waals surface area contributed by atoms with E-state index in [1.54, 1.807) is 13.3 Å². The third kappa shape index (κ3) is 3.05. The summed E-state index contributed by atoms with van der Waals surface area (Å²) in [5.41, 5.74) is 7.12. The van der Waals surface area contributed by atoms with Gasteiger partial charge in [-0.2, -0.15) is 5.10 Å². The lowest BCUT2D eigenvalue weighted by molar-refractivity contribution is -0.00449. The van der Waals surface area contributed by atoms with Crippen LogP contribution in [0.25, 0.3) is 0 Å². The smallest absolute Gasteiger partial charge is 0.0835 e. The van der Waals surface area contributed by atoms with E-state index in [0.717, 1.165) is 5.69 Å². The van der Waals surface area contributed by atoms with Crippen molar-refractivity contribution in [3.8, 4) is 0 Å². The van der Waals surface area contributed by atoms with Crippen LogP contribution in [0.2, 0.25) is 5.02 Å². The standard InChI is InChI=1S/C13H24ClN3O/c1-8(2)17-11(9(14)7-16-17)10(15)12(18-6)13(3,4)5/h7-8,10,12H,15H2,1-6H3. The van der Waals surface area contributed by atoms with Crippen molar-refractivity contribution in [3.05, 3.63) is 16.9 Å². The molecule has 0 aliphatic carbocycles. The summed E-state index contributed by atoms with van der Waals surface area (Å²) in [5, 5.41) is 4.88. The van der Waals surface area contributed by atoms with Gasteiger partial charge in [0.2, 0.25) is 0 Å². The summed E-state index contributed by atoms with van der Waals surface area (Å²) >= 11 is 6.22. The van der Waals surface area contributed by atoms with Crippen LogP contribution >= 0.6 is 11.6 Å². The van der Waals surface area contributed by atoms with Gasteiger partial charge >= 0.3 is 0 Å². The number of halogens is 1. The van der Waals surface area contributed by atoms with Gasteiger partial charge in [0.1, 0.15) is 0 Å². The predicted octanol–water partition coefficient (Wildman–Crippen LogP) is 3.18. The second-order valence-electron chi connectivity index (χ2n) is 5.96. The molecular weight excluding hydrogens is 250 g/mol. The van der Waals surface area contributed by atoms with E-state index >= 15 is 0 Å². The van der Waals surface area contributed by atoms with Crippen LogP contribution in [0.4, 0.5) is 0 Å². The first-order valence-corrected chi connectivity index (χ1v) is 6.59. The van der Waals surface area contributed by atoms with Crippen molar-refractivity contribution in [1.82, 2.24) is 9.78 Å². The average Bonchev–Trinajstić information content (AvgIpc) is 2.58. The lowest BCUT2D eigenvalue weighted by atomic mass is 9.83. The molecule has 104 valence electrons. The highest BCUT2D eigenvalue weighted by Crippen LogP contribution is 2.34. The molecule has 0 saturated carbocycles. The molecule has 0 aromatic carbocycles. The molecule has 2 N–H and O–H groups in total. The van der Waals surface area contributed by atoms with E-state index in [1.807, 2.05) is 4.68 Å². The van der Waals surface area contributed by atoms with E-state index in [0.29, 0.717) is 5.02 Å². The van der Waals surface area contributed by atoms with Gasteiger partial charge in [0.05, 0.1) is 29.1 Å². The van der Waals surface area contributed by atoms with Crippen molar-refractivity contribution in [2.45, 2.75) is 52.8 Å². The number of methoxy groups -OCH3 is 1. The molecule has 18 heavy (non-hydrogen) atoms. The van der Waals surface area contributed by atoms with Gasteiger partial charge in [-0.25, -0.2) is 0 Å². The molecule has 2 atom stereocenters. The molecule has 0 amide bonds. The van der Waals surface area contributed by atoms with E-state index in [-0.39, 0.29) is 23.6 Å². The quantitative estimate of drug-likeness (QED) is 0.917. The van der Waals surface area contributed by atoms with Crippen LogP contribution < -0.4 is 5.73 Å². The maximum Gasteiger partial charge on any atom is 0.0835 e. The summed E-state index contributed by atoms with van der Waals surface area (Å²) in [6, 6.07) is -0.0802. The van der Waals surface area contributed by atoms with E-state index in [4.69, 9.17) is 22.1 Å². The Hall–Kier alpha value is -0.580. The zero-order valence-corrected chi connectivity index (χ0v) is 12.8. The van der Waals surface area contributed by atoms with Crippen molar-refractivity contribution in [2.75, 3.05) is 7.11 Å². The van der Waals surface area contributed by atoms with Gasteiger partial charge in [-0.3, -0.25) is 4.68 Å². The molecule has 1 rings (SSSR count). The largest absolute Gasteiger partial charge is 0.379 e. The van der Waals surface area contributed by atoms with Gasteiger partial charge < -0.3 is 10.5 Å². The number of hydrogen-bond acceptors (Lipinski definition) is 3. The summed E-state index contributed by atoms with van der Waals surface area (Å²) in [6.07, 6.45) is 1.52. The van der Waals surface area contributed by atoms with Gasteiger partial charge in [-0.15, -0.1) is 0 Å². The minimum absolute atomic E-state index is 0.0659. The lowest BCUT2D eigenvalue weighted by Crippen LogP contribution is -2.40. The third-order valence-corrected chi connectivity index (χ3v) is 3.32. The Kier molecular flexibility index (Phi) is 4.81. The molecule has 0 saturated heterocycles. The molecule has 0 aliphatic heterocycles. The molecule has 0 fully saturated rings. The lowest BCUT2D eigenvalue weighted by Gasteiger charge is -2.34. The summed E-state index contributed by atoms with van der Waals surface area (Å²) in [7, 11) is 1.68. The Morgan fingerprint density at radius 2 is 1.94 bits per heavy atom. The minimum atomic E-state index is -0.299. The van der Waals surface area contributed by atoms with Crippen LogP contribution in [0.15, 0.2) is 6.20 Å². The van der Waals surface area contributed by atoms with E-state index in [1.165, 1.54) is 0 Å². The number of hydrogen-bond donors (Lipinski definition) is 1. The SMILES string of the molecule is COC(C(N)c1c(Cl)cnn1C(C)C)C(C)(C)C. The molecule has 1 aromatic heterocycles. The molecule has 2 unspecified atom stereocenters. The number of rotatable bonds is 4. The zero-order valence-electron chi connectivity index (χ0n) is 12.1. The predicted molar refractivity (Wildman–Crippen MR) is 74.8 cm³/mol. The zero-order chi connectivity index (χ0) is 14.1. The number of nitrogens with zero attached hydrogens (tertiary/aromatic N) is 2. The van der Waals surface area contributed by atoms with Gasteiger partial charge in [-0.05, 0) is 19.3 Å². The normalized spacial score (nSPS) is 16.1. The summed E-state index contributed by atoms with van der Waals surface area (Å²) in [6.45, 7) is 10.4. The highest BCUT2D eigenvalue weighted by atomic mass is 35.5. The van der Waals surface area contributed by atoms with Crippen LogP contribution in [0.1, 0.15) is 52.4 Å². The molecule has 0 spiro atoms. The van der Waals surface area contributed by atoms with Crippen LogP contribution in [0.5, 0.6) is 0 Å². The van der Waals surface area contributed by atoms with Crippen LogP contribution in [0.3, 0.4) is 0 Å². The molecule has 1 aromatic rings. The number of nitrogens with two attached hydrogens (primary N) is 1. The van der Waals surface area contributed by atoms with Crippen molar-refractivity contribution in [3.63, 3.8) is 0 Å². The van der Waals surface area contributed by atoms with Gasteiger partial charge in [-0.1, -0.05) is 32.4 Å². The maximum absolute atomic E-state index is 6.35. The van der Waals surface area contributed by atoms with Crippen LogP contribution in [0, 0.1) is 5.41 Å². The van der Waals surface area contributed by atoms with E-state index < -0.39 is 0 Å². The van der Waals surface area contributed by atoms with Gasteiger partial charge in [0.25, 0.3) is 0 Å². The molecule has 0 aliphatic rings. The van der Waals surface area contributed by atoms with Gasteiger partial charge in [0.15, 0.2) is 0 Å². The first-order chi connectivity index (χ1) is 8.20. The molecule has 0 bridgehead atoms. The molecular formula is C13H24ClN3O. The van der Waals surface area contributed by atoms with Crippen molar-refractivity contribution in [2.24, 2.45) is 11.1 Å². The summed E-state index contributed by atoms with van der Waals surface area (Å²) < 4.78 is 7.43. The Bertz CT molecular complexity index is 395. The second-order valence-corrected chi connectivity index (χ2v) is 6.37. The highest BCUT2D eigenvalue weighted by molar-refractivity contribution is 6.31. The molecule has 0 radical (unpaired) electrons. The van der Waals surface area contributed by atoms with E-state index in [9.17, 15) is 0 Å². The van der Waals surface area contributed by atoms with E-state index in [2.05, 4.69) is 39.7 Å². The fraction of sp³-hybridized carbons (Fsp3) is 0.769. The topological polar surface area (TPSA) is 53.1 Å². The average molecular weight is 274 g/mol. The Labute approximate surface area is 114 Å². The maximum atomic E-state index is 6.35. The van der Waals surface area contributed by atoms with Crippen molar-refractivity contribution >= 4 is 11.6 Å². The van der Waals surface area contributed by atoms with Crippen LogP contribution in [-0.2, 0) is 4.74 Å². The Morgan fingerprint density at radius 1 is 1.39 bits per heavy atom. The first-order valence-electron chi connectivity index (χ1n) is 6.21. The summed E-state index contributed by atoms with van der Waals surface area (Å²) in [4.78, 5) is 0. The summed E-state index contributed by atoms with van der Waals surface area (Å²) in [5.74, 6) is 0.